The summed E-state index contributed by atoms with van der Waals surface area (Å²) in [5.74, 6) is 3.64. The minimum absolute atomic E-state index is 0.00820. The van der Waals surface area contributed by atoms with Crippen LogP contribution in [0.1, 0.15) is 18.4 Å². The molecule has 1 aromatic carbocycles. The summed E-state index contributed by atoms with van der Waals surface area (Å²) in [7, 11) is -3.26. The molecular formula is C19H18O3S. The van der Waals surface area contributed by atoms with E-state index in [4.69, 9.17) is 4.74 Å². The third-order valence-corrected chi connectivity index (χ3v) is 12.3. The van der Waals surface area contributed by atoms with Crippen LogP contribution in [-0.4, -0.2) is 24.4 Å². The monoisotopic (exact) mass is 326 g/mol. The molecule has 8 aliphatic rings. The first-order chi connectivity index (χ1) is 11.0. The molecule has 10 atom stereocenters. The molecule has 7 aliphatic carbocycles. The van der Waals surface area contributed by atoms with E-state index in [1.807, 2.05) is 31.2 Å². The molecule has 4 bridgehead atoms. The van der Waals surface area contributed by atoms with Crippen LogP contribution in [0.25, 0.3) is 0 Å². The fourth-order valence-corrected chi connectivity index (χ4v) is 12.7. The molecule has 0 amide bonds. The zero-order chi connectivity index (χ0) is 15.1. The molecule has 1 aliphatic heterocycles. The lowest BCUT2D eigenvalue weighted by atomic mass is 9.59. The number of ether oxygens (including phenoxy) is 1. The van der Waals surface area contributed by atoms with Gasteiger partial charge in [0.05, 0.1) is 9.64 Å². The lowest BCUT2D eigenvalue weighted by Crippen LogP contribution is -2.63. The van der Waals surface area contributed by atoms with Crippen LogP contribution in [0, 0.1) is 48.3 Å². The Labute approximate surface area is 135 Å². The average Bonchev–Trinajstić information content (AvgIpc) is 2.70. The maximum absolute atomic E-state index is 13.8. The lowest BCUT2D eigenvalue weighted by molar-refractivity contribution is 0.0439. The van der Waals surface area contributed by atoms with E-state index in [1.54, 1.807) is 0 Å². The number of epoxide rings is 1. The molecule has 118 valence electrons. The fraction of sp³-hybridized carbons (Fsp3) is 0.684. The van der Waals surface area contributed by atoms with E-state index in [2.05, 4.69) is 0 Å². The van der Waals surface area contributed by atoms with Crippen molar-refractivity contribution in [1.82, 2.24) is 0 Å². The molecule has 23 heavy (non-hydrogen) atoms. The van der Waals surface area contributed by atoms with Crippen LogP contribution in [0.5, 0.6) is 0 Å². The van der Waals surface area contributed by atoms with Crippen LogP contribution in [-0.2, 0) is 14.6 Å². The number of hydrogen-bond donors (Lipinski definition) is 0. The van der Waals surface area contributed by atoms with E-state index in [1.165, 1.54) is 6.42 Å². The Morgan fingerprint density at radius 1 is 1.00 bits per heavy atom. The van der Waals surface area contributed by atoms with Gasteiger partial charge in [0, 0.05) is 5.92 Å². The minimum atomic E-state index is -3.26. The summed E-state index contributed by atoms with van der Waals surface area (Å²) in [5.41, 5.74) is 1.29. The smallest absolute Gasteiger partial charge is 0.185 e. The Morgan fingerprint density at radius 2 is 1.70 bits per heavy atom. The van der Waals surface area contributed by atoms with E-state index in [0.29, 0.717) is 46.3 Å². The van der Waals surface area contributed by atoms with Crippen LogP contribution in [0.15, 0.2) is 29.2 Å². The van der Waals surface area contributed by atoms with Crippen LogP contribution in [0.3, 0.4) is 0 Å². The molecule has 3 nitrogen and oxygen atoms in total. The molecule has 0 radical (unpaired) electrons. The molecule has 8 fully saturated rings. The molecular weight excluding hydrogens is 308 g/mol. The lowest BCUT2D eigenvalue weighted by Gasteiger charge is -2.54. The number of rotatable bonds is 2. The van der Waals surface area contributed by atoms with Crippen molar-refractivity contribution in [3.8, 4) is 0 Å². The highest BCUT2D eigenvalue weighted by Crippen LogP contribution is 3.03. The van der Waals surface area contributed by atoms with Crippen molar-refractivity contribution in [3.05, 3.63) is 29.8 Å². The van der Waals surface area contributed by atoms with Crippen LogP contribution >= 0.6 is 0 Å². The van der Waals surface area contributed by atoms with Gasteiger partial charge >= 0.3 is 0 Å². The highest BCUT2D eigenvalue weighted by molar-refractivity contribution is 7.93. The number of hydrogen-bond acceptors (Lipinski definition) is 3. The third-order valence-electron chi connectivity index (χ3n) is 9.62. The van der Waals surface area contributed by atoms with Gasteiger partial charge in [-0.3, -0.25) is 0 Å². The highest BCUT2D eigenvalue weighted by atomic mass is 32.2. The molecule has 1 heterocycles. The van der Waals surface area contributed by atoms with Gasteiger partial charge in [-0.15, -0.1) is 0 Å². The normalized spacial score (nSPS) is 66.4. The third kappa shape index (κ3) is 0.674. The van der Waals surface area contributed by atoms with E-state index in [-0.39, 0.29) is 11.2 Å². The maximum Gasteiger partial charge on any atom is 0.185 e. The van der Waals surface area contributed by atoms with Crippen molar-refractivity contribution in [2.24, 2.45) is 41.4 Å². The Balaban J connectivity index is 1.43. The summed E-state index contributed by atoms with van der Waals surface area (Å²) in [4.78, 5) is 0.562. The largest absolute Gasteiger partial charge is 0.361 e. The van der Waals surface area contributed by atoms with Gasteiger partial charge in [-0.25, -0.2) is 8.42 Å². The van der Waals surface area contributed by atoms with Gasteiger partial charge in [-0.1, -0.05) is 17.7 Å². The minimum Gasteiger partial charge on any atom is -0.361 e. The molecule has 1 saturated heterocycles. The van der Waals surface area contributed by atoms with Gasteiger partial charge in [0.25, 0.3) is 0 Å². The van der Waals surface area contributed by atoms with Crippen molar-refractivity contribution in [1.29, 1.82) is 0 Å². The first-order valence-electron chi connectivity index (χ1n) is 9.04. The summed E-state index contributed by atoms with van der Waals surface area (Å²) in [6.07, 6.45) is 2.40. The van der Waals surface area contributed by atoms with E-state index >= 15 is 0 Å². The highest BCUT2D eigenvalue weighted by Gasteiger charge is 3.11. The fourth-order valence-electron chi connectivity index (χ4n) is 9.77. The summed E-state index contributed by atoms with van der Waals surface area (Å²) in [6.45, 7) is 2.01. The Hall–Kier alpha value is -0.870. The van der Waals surface area contributed by atoms with Gasteiger partial charge in [0.1, 0.15) is 11.2 Å². The molecule has 0 N–H and O–H groups in total. The predicted molar refractivity (Wildman–Crippen MR) is 81.3 cm³/mol. The van der Waals surface area contributed by atoms with Crippen LogP contribution in [0.2, 0.25) is 0 Å². The zero-order valence-electron chi connectivity index (χ0n) is 12.9. The molecule has 4 heteroatoms. The first-order valence-corrected chi connectivity index (χ1v) is 10.5. The molecule has 9 rings (SSSR count). The van der Waals surface area contributed by atoms with Crippen molar-refractivity contribution >= 4 is 9.84 Å². The van der Waals surface area contributed by atoms with E-state index in [0.717, 1.165) is 12.0 Å². The first kappa shape index (κ1) is 11.6. The van der Waals surface area contributed by atoms with Gasteiger partial charge in [-0.05, 0) is 67.4 Å². The predicted octanol–water partition coefficient (Wildman–Crippen LogP) is 2.19. The van der Waals surface area contributed by atoms with Crippen molar-refractivity contribution in [2.75, 3.05) is 0 Å². The quantitative estimate of drug-likeness (QED) is 0.783. The average molecular weight is 326 g/mol. The summed E-state index contributed by atoms with van der Waals surface area (Å²) >= 11 is 0. The van der Waals surface area contributed by atoms with E-state index in [9.17, 15) is 8.42 Å². The zero-order valence-corrected chi connectivity index (χ0v) is 13.7. The standard InChI is InChI=1S/C19H18O3S/c1-8-2-4-9(5-3-8)23(20,21)17-13-7-12-16(17)14-10-6-11(15(14)17)19(13)18(10,12)22-19/h2-5,10-16H,6-7H2,1H3/t10-,11+,12+,13+,14-,15+,16+,17+,18+,19-/m1/s1. The maximum atomic E-state index is 13.8. The Morgan fingerprint density at radius 3 is 2.43 bits per heavy atom. The SMILES string of the molecule is Cc1ccc(S(=O)(=O)[C@]23[C@@H]4[C@H]5[C@@H]2[C@@H]2C[C@H]5[C@@]56O[C@@]25[C@H]3C[C@@H]46)cc1. The number of aryl methyl sites for hydroxylation is 1. The Bertz CT molecular complexity index is 939. The molecule has 0 unspecified atom stereocenters. The van der Waals surface area contributed by atoms with Gasteiger partial charge < -0.3 is 4.74 Å². The van der Waals surface area contributed by atoms with Crippen molar-refractivity contribution < 1.29 is 13.2 Å². The van der Waals surface area contributed by atoms with Gasteiger partial charge in [-0.2, -0.15) is 0 Å². The summed E-state index contributed by atoms with van der Waals surface area (Å²) < 4.78 is 33.6. The number of benzene rings is 1. The molecule has 0 aromatic heterocycles. The topological polar surface area (TPSA) is 46.7 Å². The molecule has 2 spiro atoms. The number of sulfone groups is 1. The Kier molecular flexibility index (Phi) is 1.33. The second-order valence-corrected chi connectivity index (χ2v) is 11.5. The second kappa shape index (κ2) is 2.62. The molecule has 1 aromatic rings. The molecule has 7 saturated carbocycles. The van der Waals surface area contributed by atoms with Crippen molar-refractivity contribution in [3.63, 3.8) is 0 Å². The van der Waals surface area contributed by atoms with Crippen LogP contribution < -0.4 is 0 Å². The summed E-state index contributed by atoms with van der Waals surface area (Å²) in [6, 6.07) is 7.58. The van der Waals surface area contributed by atoms with Gasteiger partial charge in [0.2, 0.25) is 0 Å². The van der Waals surface area contributed by atoms with Crippen LogP contribution in [0.4, 0.5) is 0 Å². The van der Waals surface area contributed by atoms with E-state index < -0.39 is 14.6 Å². The second-order valence-electron chi connectivity index (χ2n) is 9.33. The van der Waals surface area contributed by atoms with Gasteiger partial charge in [0.15, 0.2) is 9.84 Å². The summed E-state index contributed by atoms with van der Waals surface area (Å²) in [5, 5.41) is 0. The van der Waals surface area contributed by atoms with Crippen molar-refractivity contribution in [2.45, 2.75) is 40.6 Å².